The van der Waals surface area contributed by atoms with E-state index in [1.54, 1.807) is 19.9 Å². The van der Waals surface area contributed by atoms with Gasteiger partial charge in [0.25, 0.3) is 0 Å². The minimum atomic E-state index is -0.648. The van der Waals surface area contributed by atoms with Crippen LogP contribution in [0.15, 0.2) is 70.2 Å². The largest absolute Gasteiger partial charge is 0.468 e. The van der Waals surface area contributed by atoms with Crippen molar-refractivity contribution in [2.75, 3.05) is 13.7 Å². The fraction of sp³-hybridized carbons (Fsp3) is 0.261. The highest BCUT2D eigenvalue weighted by Crippen LogP contribution is 2.41. The lowest BCUT2D eigenvalue weighted by molar-refractivity contribution is -0.143. The predicted molar refractivity (Wildman–Crippen MR) is 115 cm³/mol. The van der Waals surface area contributed by atoms with E-state index >= 15 is 0 Å². The summed E-state index contributed by atoms with van der Waals surface area (Å²) in [6, 6.07) is 13.6. The fourth-order valence-corrected chi connectivity index (χ4v) is 4.33. The SMILES string of the molecule is COC(=O)C1C(C)=NC(C)=C(C(=O)OCC=Cc2ccccc2)C1c1cccs1. The molecule has 0 N–H and O–H groups in total. The van der Waals surface area contributed by atoms with E-state index in [-0.39, 0.29) is 6.61 Å². The van der Waals surface area contributed by atoms with Crippen LogP contribution in [0.1, 0.15) is 30.2 Å². The first-order valence-corrected chi connectivity index (χ1v) is 10.2. The topological polar surface area (TPSA) is 65.0 Å². The Morgan fingerprint density at radius 2 is 1.90 bits per heavy atom. The van der Waals surface area contributed by atoms with Crippen LogP contribution in [0.25, 0.3) is 6.08 Å². The average molecular weight is 410 g/mol. The van der Waals surface area contributed by atoms with Gasteiger partial charge in [-0.25, -0.2) is 4.79 Å². The van der Waals surface area contributed by atoms with Crippen molar-refractivity contribution in [3.8, 4) is 0 Å². The summed E-state index contributed by atoms with van der Waals surface area (Å²) in [5.74, 6) is -1.99. The van der Waals surface area contributed by atoms with E-state index < -0.39 is 23.8 Å². The number of hydrogen-bond acceptors (Lipinski definition) is 6. The lowest BCUT2D eigenvalue weighted by atomic mass is 9.79. The van der Waals surface area contributed by atoms with Gasteiger partial charge in [-0.3, -0.25) is 9.79 Å². The summed E-state index contributed by atoms with van der Waals surface area (Å²) in [6.07, 6.45) is 3.68. The summed E-state index contributed by atoms with van der Waals surface area (Å²) in [5, 5.41) is 1.92. The Hall–Kier alpha value is -2.99. The Bertz CT molecular complexity index is 958. The van der Waals surface area contributed by atoms with Gasteiger partial charge in [0.2, 0.25) is 0 Å². The molecule has 0 bridgehead atoms. The molecular weight excluding hydrogens is 386 g/mol. The molecule has 1 aromatic heterocycles. The van der Waals surface area contributed by atoms with Gasteiger partial charge in [-0.05, 0) is 36.9 Å². The molecule has 150 valence electrons. The van der Waals surface area contributed by atoms with Gasteiger partial charge in [0, 0.05) is 22.2 Å². The molecule has 3 rings (SSSR count). The molecule has 0 saturated carbocycles. The van der Waals surface area contributed by atoms with E-state index in [0.717, 1.165) is 10.4 Å². The van der Waals surface area contributed by atoms with Crippen LogP contribution in [-0.2, 0) is 19.1 Å². The van der Waals surface area contributed by atoms with Crippen LogP contribution in [-0.4, -0.2) is 31.4 Å². The molecule has 0 aliphatic carbocycles. The predicted octanol–water partition coefficient (Wildman–Crippen LogP) is 4.63. The second kappa shape index (κ2) is 9.47. The molecule has 5 nitrogen and oxygen atoms in total. The van der Waals surface area contributed by atoms with Crippen LogP contribution in [0, 0.1) is 5.92 Å². The molecule has 2 aromatic rings. The monoisotopic (exact) mass is 409 g/mol. The van der Waals surface area contributed by atoms with Crippen LogP contribution in [0.3, 0.4) is 0 Å². The van der Waals surface area contributed by atoms with Crippen LogP contribution in [0.2, 0.25) is 0 Å². The summed E-state index contributed by atoms with van der Waals surface area (Å²) in [4.78, 5) is 30.8. The standard InChI is InChI=1S/C23H23NO4S/c1-15-19(22(25)27-3)21(18-12-8-14-29-18)20(16(2)24-15)23(26)28-13-7-11-17-9-5-4-6-10-17/h4-12,14,19,21H,13H2,1-3H3. The van der Waals surface area contributed by atoms with Crippen molar-refractivity contribution in [3.05, 3.63) is 75.6 Å². The first kappa shape index (κ1) is 20.7. The highest BCUT2D eigenvalue weighted by atomic mass is 32.1. The fourth-order valence-electron chi connectivity index (χ4n) is 3.46. The lowest BCUT2D eigenvalue weighted by Gasteiger charge is -2.30. The van der Waals surface area contributed by atoms with Gasteiger partial charge in [-0.2, -0.15) is 0 Å². The van der Waals surface area contributed by atoms with E-state index in [0.29, 0.717) is 17.0 Å². The molecular formula is C23H23NO4S. The molecule has 0 saturated heterocycles. The minimum absolute atomic E-state index is 0.132. The Labute approximate surface area is 174 Å². The van der Waals surface area contributed by atoms with E-state index in [4.69, 9.17) is 9.47 Å². The smallest absolute Gasteiger partial charge is 0.336 e. The molecule has 1 aliphatic heterocycles. The Balaban J connectivity index is 1.84. The third kappa shape index (κ3) is 4.71. The molecule has 29 heavy (non-hydrogen) atoms. The van der Waals surface area contributed by atoms with Gasteiger partial charge < -0.3 is 9.47 Å². The van der Waals surface area contributed by atoms with Gasteiger partial charge >= 0.3 is 11.9 Å². The third-order valence-corrected chi connectivity index (χ3v) is 5.73. The highest BCUT2D eigenvalue weighted by Gasteiger charge is 2.42. The van der Waals surface area contributed by atoms with E-state index in [9.17, 15) is 9.59 Å². The van der Waals surface area contributed by atoms with Crippen LogP contribution < -0.4 is 0 Å². The molecule has 2 unspecified atom stereocenters. The van der Waals surface area contributed by atoms with Crippen molar-refractivity contribution >= 4 is 35.1 Å². The van der Waals surface area contributed by atoms with E-state index in [2.05, 4.69) is 4.99 Å². The zero-order chi connectivity index (χ0) is 20.8. The van der Waals surface area contributed by atoms with E-state index in [1.807, 2.05) is 53.9 Å². The summed E-state index contributed by atoms with van der Waals surface area (Å²) in [6.45, 7) is 3.69. The number of nitrogens with zero attached hydrogens (tertiary/aromatic N) is 1. The number of allylic oxidation sites excluding steroid dienone is 1. The third-order valence-electron chi connectivity index (χ3n) is 4.77. The van der Waals surface area contributed by atoms with Crippen molar-refractivity contribution in [1.82, 2.24) is 0 Å². The van der Waals surface area contributed by atoms with Crippen molar-refractivity contribution in [2.45, 2.75) is 19.8 Å². The number of aliphatic imine (C=N–C) groups is 1. The number of esters is 2. The van der Waals surface area contributed by atoms with Crippen LogP contribution in [0.4, 0.5) is 0 Å². The number of rotatable bonds is 6. The minimum Gasteiger partial charge on any atom is -0.468 e. The summed E-state index contributed by atoms with van der Waals surface area (Å²) >= 11 is 1.49. The number of benzene rings is 1. The summed E-state index contributed by atoms with van der Waals surface area (Å²) in [5.41, 5.74) is 2.63. The van der Waals surface area contributed by atoms with Gasteiger partial charge in [-0.1, -0.05) is 42.5 Å². The van der Waals surface area contributed by atoms with Crippen molar-refractivity contribution in [3.63, 3.8) is 0 Å². The maximum atomic E-state index is 13.0. The Kier molecular flexibility index (Phi) is 6.77. The number of carbonyl (C=O) groups excluding carboxylic acids is 2. The molecule has 1 aromatic carbocycles. The first-order valence-electron chi connectivity index (χ1n) is 9.28. The number of carbonyl (C=O) groups is 2. The van der Waals surface area contributed by atoms with Crippen LogP contribution in [0.5, 0.6) is 0 Å². The summed E-state index contributed by atoms with van der Waals surface area (Å²) < 4.78 is 10.5. The molecule has 0 amide bonds. The van der Waals surface area contributed by atoms with Crippen molar-refractivity contribution in [2.24, 2.45) is 10.9 Å². The Morgan fingerprint density at radius 1 is 1.14 bits per heavy atom. The summed E-state index contributed by atoms with van der Waals surface area (Å²) in [7, 11) is 1.35. The van der Waals surface area contributed by atoms with Gasteiger partial charge in [0.05, 0.1) is 12.7 Å². The van der Waals surface area contributed by atoms with Crippen molar-refractivity contribution < 1.29 is 19.1 Å². The number of thiophene rings is 1. The number of methoxy groups -OCH3 is 1. The lowest BCUT2D eigenvalue weighted by Crippen LogP contribution is -2.35. The maximum Gasteiger partial charge on any atom is 0.336 e. The molecule has 1 aliphatic rings. The second-order valence-corrected chi connectivity index (χ2v) is 7.64. The molecule has 0 radical (unpaired) electrons. The quantitative estimate of drug-likeness (QED) is 0.653. The maximum absolute atomic E-state index is 13.0. The zero-order valence-electron chi connectivity index (χ0n) is 16.6. The number of ether oxygens (including phenoxy) is 2. The molecule has 2 atom stereocenters. The normalized spacial score (nSPS) is 19.2. The average Bonchev–Trinajstić information content (AvgIpc) is 3.25. The second-order valence-electron chi connectivity index (χ2n) is 6.66. The van der Waals surface area contributed by atoms with E-state index in [1.165, 1.54) is 18.4 Å². The van der Waals surface area contributed by atoms with Gasteiger partial charge in [-0.15, -0.1) is 11.3 Å². The zero-order valence-corrected chi connectivity index (χ0v) is 17.4. The Morgan fingerprint density at radius 3 is 2.55 bits per heavy atom. The molecule has 2 heterocycles. The highest BCUT2D eigenvalue weighted by molar-refractivity contribution is 7.10. The van der Waals surface area contributed by atoms with Crippen LogP contribution >= 0.6 is 11.3 Å². The van der Waals surface area contributed by atoms with Gasteiger partial charge in [0.1, 0.15) is 12.5 Å². The molecule has 0 spiro atoms. The van der Waals surface area contributed by atoms with Crippen molar-refractivity contribution in [1.29, 1.82) is 0 Å². The molecule has 6 heteroatoms. The first-order chi connectivity index (χ1) is 14.0. The van der Waals surface area contributed by atoms with Gasteiger partial charge in [0.15, 0.2) is 0 Å². The number of hydrogen-bond donors (Lipinski definition) is 0. The molecule has 0 fully saturated rings.